The van der Waals surface area contributed by atoms with Crippen molar-refractivity contribution >= 4 is 5.91 Å². The van der Waals surface area contributed by atoms with E-state index in [1.54, 1.807) is 6.92 Å². The Morgan fingerprint density at radius 2 is 2.38 bits per heavy atom. The number of nitrogens with two attached hydrogens (primary N) is 1. The van der Waals surface area contributed by atoms with Crippen molar-refractivity contribution in [1.29, 1.82) is 0 Å². The maximum atomic E-state index is 11.1. The lowest BCUT2D eigenvalue weighted by atomic mass is 10.1. The molecule has 4 nitrogen and oxygen atoms in total. The molecule has 1 aliphatic rings. The number of rotatable bonds is 3. The predicted octanol–water partition coefficient (Wildman–Crippen LogP) is -0.389. The highest BCUT2D eigenvalue weighted by atomic mass is 16.3. The second-order valence-electron chi connectivity index (χ2n) is 3.87. The quantitative estimate of drug-likeness (QED) is 0.562. The summed E-state index contributed by atoms with van der Waals surface area (Å²) in [4.78, 5) is 11.1. The lowest BCUT2D eigenvalue weighted by Gasteiger charge is -2.12. The van der Waals surface area contributed by atoms with Gasteiger partial charge in [0, 0.05) is 6.54 Å². The van der Waals surface area contributed by atoms with E-state index >= 15 is 0 Å². The molecule has 0 bridgehead atoms. The van der Waals surface area contributed by atoms with Crippen molar-refractivity contribution in [2.75, 3.05) is 6.54 Å². The first kappa shape index (κ1) is 10.5. The first-order valence-corrected chi connectivity index (χ1v) is 4.81. The number of nitrogens with one attached hydrogen (secondary N) is 1. The minimum Gasteiger partial charge on any atom is -0.393 e. The normalized spacial score (nSPS) is 30.1. The van der Waals surface area contributed by atoms with Crippen molar-refractivity contribution in [3.8, 4) is 0 Å². The molecule has 0 aromatic heterocycles. The number of amides is 1. The number of aliphatic hydroxyl groups excluding tert-OH is 1. The molecule has 1 aliphatic carbocycles. The van der Waals surface area contributed by atoms with Crippen molar-refractivity contribution in [2.24, 2.45) is 11.7 Å². The molecule has 4 N–H and O–H groups in total. The highest BCUT2D eigenvalue weighted by molar-refractivity contribution is 5.80. The minimum absolute atomic E-state index is 0.110. The molecule has 0 aliphatic heterocycles. The second kappa shape index (κ2) is 4.58. The molecule has 0 aromatic rings. The second-order valence-corrected chi connectivity index (χ2v) is 3.87. The number of aliphatic hydroxyl groups is 1. The summed E-state index contributed by atoms with van der Waals surface area (Å²) in [5, 5.41) is 12.0. The Kier molecular flexibility index (Phi) is 3.69. The van der Waals surface area contributed by atoms with Gasteiger partial charge in [-0.1, -0.05) is 0 Å². The van der Waals surface area contributed by atoms with E-state index in [4.69, 9.17) is 5.73 Å². The van der Waals surface area contributed by atoms with Crippen molar-refractivity contribution < 1.29 is 9.90 Å². The number of hydrogen-bond donors (Lipinski definition) is 3. The van der Waals surface area contributed by atoms with Gasteiger partial charge in [0.2, 0.25) is 5.91 Å². The van der Waals surface area contributed by atoms with Crippen molar-refractivity contribution in [2.45, 2.75) is 38.3 Å². The fourth-order valence-corrected chi connectivity index (χ4v) is 1.64. The maximum Gasteiger partial charge on any atom is 0.236 e. The van der Waals surface area contributed by atoms with Gasteiger partial charge in [-0.15, -0.1) is 0 Å². The average molecular weight is 186 g/mol. The standard InChI is InChI=1S/C9H18N2O2/c1-6(10)9(13)11-5-7-2-3-8(12)4-7/h6-8,12H,2-5,10H2,1H3,(H,11,13)/t6-,7?,8?/m0/s1. The van der Waals surface area contributed by atoms with Crippen LogP contribution in [0.4, 0.5) is 0 Å². The Bertz CT molecular complexity index is 182. The molecule has 0 spiro atoms. The molecule has 0 saturated heterocycles. The first-order chi connectivity index (χ1) is 6.09. The van der Waals surface area contributed by atoms with Gasteiger partial charge in [0.15, 0.2) is 0 Å². The molecule has 3 atom stereocenters. The highest BCUT2D eigenvalue weighted by Crippen LogP contribution is 2.24. The lowest BCUT2D eigenvalue weighted by molar-refractivity contribution is -0.122. The summed E-state index contributed by atoms with van der Waals surface area (Å²) >= 11 is 0. The minimum atomic E-state index is -0.439. The van der Waals surface area contributed by atoms with Gasteiger partial charge >= 0.3 is 0 Å². The molecule has 1 fully saturated rings. The summed E-state index contributed by atoms with van der Waals surface area (Å²) in [6, 6.07) is -0.439. The Morgan fingerprint density at radius 3 is 2.85 bits per heavy atom. The van der Waals surface area contributed by atoms with Crippen LogP contribution < -0.4 is 11.1 Å². The molecule has 1 rings (SSSR count). The molecule has 13 heavy (non-hydrogen) atoms. The maximum absolute atomic E-state index is 11.1. The number of carbonyl (C=O) groups excluding carboxylic acids is 1. The Hall–Kier alpha value is -0.610. The summed E-state index contributed by atoms with van der Waals surface area (Å²) in [6.07, 6.45) is 2.50. The fourth-order valence-electron chi connectivity index (χ4n) is 1.64. The molecular formula is C9H18N2O2. The molecule has 1 saturated carbocycles. The topological polar surface area (TPSA) is 75.4 Å². The molecule has 2 unspecified atom stereocenters. The largest absolute Gasteiger partial charge is 0.393 e. The summed E-state index contributed by atoms with van der Waals surface area (Å²) in [5.74, 6) is 0.319. The Morgan fingerprint density at radius 1 is 1.69 bits per heavy atom. The summed E-state index contributed by atoms with van der Waals surface area (Å²) in [6.45, 7) is 2.32. The monoisotopic (exact) mass is 186 g/mol. The lowest BCUT2D eigenvalue weighted by Crippen LogP contribution is -2.40. The third-order valence-corrected chi connectivity index (χ3v) is 2.49. The Labute approximate surface area is 78.5 Å². The smallest absolute Gasteiger partial charge is 0.236 e. The van der Waals surface area contributed by atoms with E-state index in [0.717, 1.165) is 19.3 Å². The number of carbonyl (C=O) groups is 1. The van der Waals surface area contributed by atoms with E-state index in [1.165, 1.54) is 0 Å². The SMILES string of the molecule is C[C@H](N)C(=O)NCC1CCC(O)C1. The highest BCUT2D eigenvalue weighted by Gasteiger charge is 2.23. The van der Waals surface area contributed by atoms with Crippen LogP contribution in [0.5, 0.6) is 0 Å². The van der Waals surface area contributed by atoms with E-state index in [0.29, 0.717) is 12.5 Å². The van der Waals surface area contributed by atoms with Crippen molar-refractivity contribution in [3.05, 3.63) is 0 Å². The van der Waals surface area contributed by atoms with Crippen LogP contribution in [0.25, 0.3) is 0 Å². The first-order valence-electron chi connectivity index (χ1n) is 4.81. The zero-order valence-electron chi connectivity index (χ0n) is 7.99. The van der Waals surface area contributed by atoms with Crippen molar-refractivity contribution in [3.63, 3.8) is 0 Å². The van der Waals surface area contributed by atoms with E-state index in [9.17, 15) is 9.90 Å². The van der Waals surface area contributed by atoms with Crippen LogP contribution in [0.15, 0.2) is 0 Å². The van der Waals surface area contributed by atoms with Gasteiger partial charge in [-0.25, -0.2) is 0 Å². The van der Waals surface area contributed by atoms with Crippen LogP contribution in [0.3, 0.4) is 0 Å². The van der Waals surface area contributed by atoms with Crippen LogP contribution in [-0.2, 0) is 4.79 Å². The summed E-state index contributed by atoms with van der Waals surface area (Å²) in [5.41, 5.74) is 5.39. The zero-order valence-corrected chi connectivity index (χ0v) is 7.99. The van der Waals surface area contributed by atoms with Crippen LogP contribution in [0.2, 0.25) is 0 Å². The average Bonchev–Trinajstić information content (AvgIpc) is 2.47. The fraction of sp³-hybridized carbons (Fsp3) is 0.889. The number of hydrogen-bond acceptors (Lipinski definition) is 3. The van der Waals surface area contributed by atoms with Gasteiger partial charge in [0.05, 0.1) is 12.1 Å². The Balaban J connectivity index is 2.16. The van der Waals surface area contributed by atoms with Crippen LogP contribution in [0.1, 0.15) is 26.2 Å². The third-order valence-electron chi connectivity index (χ3n) is 2.49. The molecule has 0 aromatic carbocycles. The van der Waals surface area contributed by atoms with Gasteiger partial charge in [-0.05, 0) is 32.1 Å². The van der Waals surface area contributed by atoms with E-state index < -0.39 is 6.04 Å². The van der Waals surface area contributed by atoms with E-state index in [-0.39, 0.29) is 12.0 Å². The molecule has 76 valence electrons. The zero-order chi connectivity index (χ0) is 9.84. The molecular weight excluding hydrogens is 168 g/mol. The van der Waals surface area contributed by atoms with E-state index in [2.05, 4.69) is 5.32 Å². The van der Waals surface area contributed by atoms with Gasteiger partial charge < -0.3 is 16.2 Å². The van der Waals surface area contributed by atoms with Gasteiger partial charge in [0.25, 0.3) is 0 Å². The van der Waals surface area contributed by atoms with Crippen LogP contribution in [0, 0.1) is 5.92 Å². The summed E-state index contributed by atoms with van der Waals surface area (Å²) in [7, 11) is 0. The van der Waals surface area contributed by atoms with Gasteiger partial charge in [-0.3, -0.25) is 4.79 Å². The molecule has 0 radical (unpaired) electrons. The van der Waals surface area contributed by atoms with Crippen LogP contribution in [-0.4, -0.2) is 29.7 Å². The summed E-state index contributed by atoms with van der Waals surface area (Å²) < 4.78 is 0. The van der Waals surface area contributed by atoms with Gasteiger partial charge in [-0.2, -0.15) is 0 Å². The molecule has 1 amide bonds. The van der Waals surface area contributed by atoms with Crippen molar-refractivity contribution in [1.82, 2.24) is 5.32 Å². The molecule has 0 heterocycles. The van der Waals surface area contributed by atoms with E-state index in [1.807, 2.05) is 0 Å². The van der Waals surface area contributed by atoms with Gasteiger partial charge in [0.1, 0.15) is 0 Å². The third kappa shape index (κ3) is 3.32. The predicted molar refractivity (Wildman–Crippen MR) is 50.0 cm³/mol. The van der Waals surface area contributed by atoms with Crippen LogP contribution >= 0.6 is 0 Å². The molecule has 4 heteroatoms.